The first kappa shape index (κ1) is 20.8. The quantitative estimate of drug-likeness (QED) is 0.489. The standard InChI is InChI=1S/C20H22N4O4S/c1-14(25)15-6-3-4-7-16(15)21-18(26)12-24(9-10-27-2)13-19-22-23-20(28-19)17-8-5-11-29-17/h3-8,11H,9-10,12-13H2,1-2H3,(H,21,26)/p+1. The SMILES string of the molecule is COCC[NH+](CC(=O)Nc1ccccc1C(C)=O)Cc1nnc(-c2cccs2)o1. The maximum atomic E-state index is 12.6. The summed E-state index contributed by atoms with van der Waals surface area (Å²) in [6.45, 7) is 3.12. The van der Waals surface area contributed by atoms with Crippen LogP contribution in [0.4, 0.5) is 5.69 Å². The van der Waals surface area contributed by atoms with Gasteiger partial charge in [0.05, 0.1) is 17.2 Å². The number of hydrogen-bond donors (Lipinski definition) is 2. The van der Waals surface area contributed by atoms with Crippen LogP contribution in [0.1, 0.15) is 23.2 Å². The highest BCUT2D eigenvalue weighted by Gasteiger charge is 2.20. The van der Waals surface area contributed by atoms with Crippen molar-refractivity contribution >= 4 is 28.7 Å². The minimum atomic E-state index is -0.206. The van der Waals surface area contributed by atoms with Crippen molar-refractivity contribution in [2.45, 2.75) is 13.5 Å². The number of nitrogens with one attached hydrogen (secondary N) is 2. The highest BCUT2D eigenvalue weighted by Crippen LogP contribution is 2.22. The molecule has 9 heteroatoms. The third-order valence-electron chi connectivity index (χ3n) is 4.25. The molecule has 2 aromatic heterocycles. The van der Waals surface area contributed by atoms with E-state index >= 15 is 0 Å². The minimum absolute atomic E-state index is 0.101. The molecule has 1 atom stereocenters. The summed E-state index contributed by atoms with van der Waals surface area (Å²) in [4.78, 5) is 26.2. The summed E-state index contributed by atoms with van der Waals surface area (Å²) in [6, 6.07) is 10.8. The van der Waals surface area contributed by atoms with Crippen molar-refractivity contribution in [3.05, 3.63) is 53.2 Å². The Morgan fingerprint density at radius 3 is 2.76 bits per heavy atom. The van der Waals surface area contributed by atoms with E-state index in [0.29, 0.717) is 42.7 Å². The summed E-state index contributed by atoms with van der Waals surface area (Å²) < 4.78 is 10.9. The van der Waals surface area contributed by atoms with E-state index in [1.54, 1.807) is 31.4 Å². The van der Waals surface area contributed by atoms with E-state index in [4.69, 9.17) is 9.15 Å². The van der Waals surface area contributed by atoms with Crippen LogP contribution in [0.5, 0.6) is 0 Å². The zero-order valence-electron chi connectivity index (χ0n) is 16.3. The second-order valence-corrected chi connectivity index (χ2v) is 7.42. The maximum Gasteiger partial charge on any atom is 0.279 e. The van der Waals surface area contributed by atoms with Crippen LogP contribution in [0.2, 0.25) is 0 Å². The van der Waals surface area contributed by atoms with Crippen LogP contribution in [0.3, 0.4) is 0 Å². The molecule has 0 fully saturated rings. The molecule has 1 aromatic carbocycles. The summed E-state index contributed by atoms with van der Waals surface area (Å²) >= 11 is 1.52. The molecule has 0 bridgehead atoms. The monoisotopic (exact) mass is 415 g/mol. The van der Waals surface area contributed by atoms with Gasteiger partial charge in [0.2, 0.25) is 0 Å². The topological polar surface area (TPSA) is 98.8 Å². The third-order valence-corrected chi connectivity index (χ3v) is 5.11. The molecule has 3 aromatic rings. The summed E-state index contributed by atoms with van der Waals surface area (Å²) in [5.41, 5.74) is 0.991. The molecule has 0 aliphatic rings. The van der Waals surface area contributed by atoms with E-state index in [1.807, 2.05) is 17.5 Å². The molecule has 0 saturated heterocycles. The van der Waals surface area contributed by atoms with E-state index in [-0.39, 0.29) is 18.2 Å². The number of thiophene rings is 1. The number of quaternary nitrogens is 1. The second-order valence-electron chi connectivity index (χ2n) is 6.47. The number of Topliss-reactive ketones (excluding diaryl/α,β-unsaturated/α-hetero) is 1. The predicted octanol–water partition coefficient (Wildman–Crippen LogP) is 1.67. The van der Waals surface area contributed by atoms with Crippen molar-refractivity contribution in [2.75, 3.05) is 32.1 Å². The lowest BCUT2D eigenvalue weighted by molar-refractivity contribution is -0.907. The Bertz CT molecular complexity index is 955. The van der Waals surface area contributed by atoms with Crippen molar-refractivity contribution in [1.29, 1.82) is 0 Å². The van der Waals surface area contributed by atoms with Gasteiger partial charge in [0, 0.05) is 12.7 Å². The van der Waals surface area contributed by atoms with Crippen molar-refractivity contribution in [3.63, 3.8) is 0 Å². The molecule has 1 amide bonds. The van der Waals surface area contributed by atoms with Gasteiger partial charge in [-0.15, -0.1) is 21.5 Å². The molecule has 0 spiro atoms. The first-order valence-electron chi connectivity index (χ1n) is 9.15. The summed E-state index contributed by atoms with van der Waals surface area (Å²) in [5, 5.41) is 13.0. The fourth-order valence-electron chi connectivity index (χ4n) is 2.84. The summed E-state index contributed by atoms with van der Waals surface area (Å²) in [7, 11) is 1.61. The average molecular weight is 415 g/mol. The van der Waals surface area contributed by atoms with Crippen LogP contribution >= 0.6 is 11.3 Å². The van der Waals surface area contributed by atoms with Crippen LogP contribution in [0.25, 0.3) is 10.8 Å². The van der Waals surface area contributed by atoms with Gasteiger partial charge in [-0.25, -0.2) is 0 Å². The Balaban J connectivity index is 1.66. The fourth-order valence-corrected chi connectivity index (χ4v) is 3.49. The molecule has 1 unspecified atom stereocenters. The first-order chi connectivity index (χ1) is 14.1. The van der Waals surface area contributed by atoms with Gasteiger partial charge in [0.25, 0.3) is 17.7 Å². The Morgan fingerprint density at radius 2 is 2.03 bits per heavy atom. The number of carbonyl (C=O) groups is 2. The van der Waals surface area contributed by atoms with Gasteiger partial charge in [-0.05, 0) is 30.5 Å². The van der Waals surface area contributed by atoms with Crippen LogP contribution in [-0.4, -0.2) is 48.7 Å². The normalized spacial score (nSPS) is 11.9. The third kappa shape index (κ3) is 5.80. The van der Waals surface area contributed by atoms with Gasteiger partial charge in [-0.3, -0.25) is 9.59 Å². The molecule has 0 saturated carbocycles. The van der Waals surface area contributed by atoms with Crippen molar-refractivity contribution in [1.82, 2.24) is 10.2 Å². The van der Waals surface area contributed by atoms with Gasteiger partial charge >= 0.3 is 0 Å². The van der Waals surface area contributed by atoms with Crippen molar-refractivity contribution in [3.8, 4) is 10.8 Å². The number of nitrogens with zero attached hydrogens (tertiary/aromatic N) is 2. The fraction of sp³-hybridized carbons (Fsp3) is 0.300. The molecule has 0 aliphatic heterocycles. The number of ether oxygens (including phenoxy) is 1. The number of rotatable bonds is 10. The van der Waals surface area contributed by atoms with Gasteiger partial charge in [-0.2, -0.15) is 0 Å². The number of benzene rings is 1. The molecule has 29 heavy (non-hydrogen) atoms. The lowest BCUT2D eigenvalue weighted by Crippen LogP contribution is -3.12. The number of ketones is 1. The Kier molecular flexibility index (Phi) is 7.23. The van der Waals surface area contributed by atoms with Crippen LogP contribution < -0.4 is 10.2 Å². The van der Waals surface area contributed by atoms with E-state index in [9.17, 15) is 9.59 Å². The zero-order valence-corrected chi connectivity index (χ0v) is 17.1. The van der Waals surface area contributed by atoms with Crippen LogP contribution in [0, 0.1) is 0 Å². The molecule has 152 valence electrons. The molecule has 3 rings (SSSR count). The van der Waals surface area contributed by atoms with E-state index in [2.05, 4.69) is 15.5 Å². The highest BCUT2D eigenvalue weighted by molar-refractivity contribution is 7.13. The molecular weight excluding hydrogens is 392 g/mol. The molecule has 8 nitrogen and oxygen atoms in total. The van der Waals surface area contributed by atoms with Gasteiger partial charge in [0.1, 0.15) is 6.54 Å². The first-order valence-corrected chi connectivity index (χ1v) is 10.0. The second kappa shape index (κ2) is 10.1. The number of para-hydroxylation sites is 1. The molecule has 0 radical (unpaired) electrons. The number of anilines is 1. The van der Waals surface area contributed by atoms with E-state index < -0.39 is 0 Å². The maximum absolute atomic E-state index is 12.6. The largest absolute Gasteiger partial charge is 0.414 e. The predicted molar refractivity (Wildman–Crippen MR) is 109 cm³/mol. The number of aromatic nitrogens is 2. The number of methoxy groups -OCH3 is 1. The van der Waals surface area contributed by atoms with Crippen LogP contribution in [-0.2, 0) is 16.1 Å². The smallest absolute Gasteiger partial charge is 0.279 e. The molecule has 2 heterocycles. The molecular formula is C20H23N4O4S+. The summed E-state index contributed by atoms with van der Waals surface area (Å²) in [6.07, 6.45) is 0. The van der Waals surface area contributed by atoms with Crippen molar-refractivity contribution in [2.24, 2.45) is 0 Å². The number of hydrogen-bond acceptors (Lipinski definition) is 7. The zero-order chi connectivity index (χ0) is 20.6. The van der Waals surface area contributed by atoms with Gasteiger partial charge < -0.3 is 19.4 Å². The molecule has 2 N–H and O–H groups in total. The Labute approximate surface area is 172 Å². The van der Waals surface area contributed by atoms with E-state index in [1.165, 1.54) is 18.3 Å². The summed E-state index contributed by atoms with van der Waals surface area (Å²) in [5.74, 6) is 0.622. The minimum Gasteiger partial charge on any atom is -0.414 e. The van der Waals surface area contributed by atoms with Gasteiger partial charge in [-0.1, -0.05) is 18.2 Å². The highest BCUT2D eigenvalue weighted by atomic mass is 32.1. The van der Waals surface area contributed by atoms with Gasteiger partial charge in [0.15, 0.2) is 18.9 Å². The average Bonchev–Trinajstić information content (AvgIpc) is 3.38. The number of carbonyl (C=O) groups excluding carboxylic acids is 2. The number of amides is 1. The van der Waals surface area contributed by atoms with Crippen molar-refractivity contribution < 1.29 is 23.6 Å². The lowest BCUT2D eigenvalue weighted by atomic mass is 10.1. The Morgan fingerprint density at radius 1 is 1.21 bits per heavy atom. The van der Waals surface area contributed by atoms with E-state index in [0.717, 1.165) is 9.78 Å². The Hall–Kier alpha value is -2.88. The molecule has 0 aliphatic carbocycles. The van der Waals surface area contributed by atoms with Crippen LogP contribution in [0.15, 0.2) is 46.2 Å². The lowest BCUT2D eigenvalue weighted by Gasteiger charge is -2.17.